The summed E-state index contributed by atoms with van der Waals surface area (Å²) >= 11 is 0. The van der Waals surface area contributed by atoms with Gasteiger partial charge in [-0.15, -0.1) is 0 Å². The third-order valence-electron chi connectivity index (χ3n) is 4.42. The van der Waals surface area contributed by atoms with Gasteiger partial charge in [0.25, 0.3) is 11.6 Å². The Kier molecular flexibility index (Phi) is 5.68. The van der Waals surface area contributed by atoms with Crippen LogP contribution in [0, 0.1) is 10.1 Å². The van der Waals surface area contributed by atoms with Gasteiger partial charge in [-0.25, -0.2) is 0 Å². The molecule has 0 aliphatic heterocycles. The minimum Gasteiger partial charge on any atom is -0.496 e. The van der Waals surface area contributed by atoms with Crippen LogP contribution in [0.3, 0.4) is 0 Å². The van der Waals surface area contributed by atoms with Gasteiger partial charge in [-0.3, -0.25) is 24.7 Å². The molecule has 2 aromatic carbocycles. The van der Waals surface area contributed by atoms with Crippen LogP contribution in [-0.4, -0.2) is 34.9 Å². The molecule has 3 N–H and O–H groups in total. The molecule has 0 spiro atoms. The average Bonchev–Trinajstić information content (AvgIpc) is 2.72. The fourth-order valence-corrected chi connectivity index (χ4v) is 3.00. The predicted octanol–water partition coefficient (Wildman–Crippen LogP) is 1.98. The monoisotopic (exact) mass is 394 g/mol. The molecule has 2 amide bonds. The summed E-state index contributed by atoms with van der Waals surface area (Å²) in [5.41, 5.74) is 6.47. The third kappa shape index (κ3) is 4.29. The van der Waals surface area contributed by atoms with Gasteiger partial charge < -0.3 is 15.8 Å². The van der Waals surface area contributed by atoms with E-state index in [1.165, 1.54) is 25.3 Å². The van der Waals surface area contributed by atoms with Crippen LogP contribution in [0.25, 0.3) is 10.9 Å². The van der Waals surface area contributed by atoms with E-state index < -0.39 is 22.8 Å². The molecule has 9 nitrogen and oxygen atoms in total. The molecule has 29 heavy (non-hydrogen) atoms. The summed E-state index contributed by atoms with van der Waals surface area (Å²) in [6.45, 7) is 0. The summed E-state index contributed by atoms with van der Waals surface area (Å²) in [5, 5.41) is 14.4. The SMILES string of the molecule is COc1ccc([N+](=O)[O-])cc1C[C@H](NC(=O)c1cccc2cccnc12)C(N)=O. The Hall–Kier alpha value is -4.01. The maximum absolute atomic E-state index is 12.8. The van der Waals surface area contributed by atoms with E-state index in [1.807, 2.05) is 12.1 Å². The molecular formula is C20H18N4O5. The number of nitro groups is 1. The number of hydrogen-bond acceptors (Lipinski definition) is 6. The van der Waals surface area contributed by atoms with Crippen LogP contribution in [0.1, 0.15) is 15.9 Å². The normalized spacial score (nSPS) is 11.6. The van der Waals surface area contributed by atoms with Crippen molar-refractivity contribution in [1.29, 1.82) is 0 Å². The Morgan fingerprint density at radius 3 is 2.69 bits per heavy atom. The Labute approximate surface area is 165 Å². The van der Waals surface area contributed by atoms with Crippen molar-refractivity contribution in [2.75, 3.05) is 7.11 Å². The molecule has 0 aliphatic carbocycles. The summed E-state index contributed by atoms with van der Waals surface area (Å²) in [7, 11) is 1.41. The number of para-hydroxylation sites is 1. The van der Waals surface area contributed by atoms with Crippen molar-refractivity contribution in [1.82, 2.24) is 10.3 Å². The largest absolute Gasteiger partial charge is 0.496 e. The number of non-ortho nitro benzene ring substituents is 1. The Morgan fingerprint density at radius 1 is 1.24 bits per heavy atom. The van der Waals surface area contributed by atoms with E-state index in [9.17, 15) is 19.7 Å². The number of nitrogens with two attached hydrogens (primary N) is 1. The van der Waals surface area contributed by atoms with E-state index in [4.69, 9.17) is 10.5 Å². The highest BCUT2D eigenvalue weighted by molar-refractivity contribution is 6.06. The lowest BCUT2D eigenvalue weighted by Crippen LogP contribution is -2.46. The quantitative estimate of drug-likeness (QED) is 0.464. The fourth-order valence-electron chi connectivity index (χ4n) is 3.00. The lowest BCUT2D eigenvalue weighted by molar-refractivity contribution is -0.384. The molecule has 1 aromatic heterocycles. The van der Waals surface area contributed by atoms with Crippen molar-refractivity contribution in [3.8, 4) is 5.75 Å². The first-order valence-electron chi connectivity index (χ1n) is 8.66. The zero-order valence-corrected chi connectivity index (χ0v) is 15.5. The summed E-state index contributed by atoms with van der Waals surface area (Å²) in [6.07, 6.45) is 1.50. The number of hydrogen-bond donors (Lipinski definition) is 2. The molecule has 0 aliphatic rings. The van der Waals surface area contributed by atoms with Gasteiger partial charge in [0.1, 0.15) is 11.8 Å². The van der Waals surface area contributed by atoms with Crippen LogP contribution in [0.15, 0.2) is 54.7 Å². The Balaban J connectivity index is 1.89. The lowest BCUT2D eigenvalue weighted by Gasteiger charge is -2.17. The Morgan fingerprint density at radius 2 is 2.00 bits per heavy atom. The number of pyridine rings is 1. The predicted molar refractivity (Wildman–Crippen MR) is 106 cm³/mol. The lowest BCUT2D eigenvalue weighted by atomic mass is 10.0. The van der Waals surface area contributed by atoms with Crippen molar-refractivity contribution < 1.29 is 19.2 Å². The molecule has 3 rings (SSSR count). The first-order valence-corrected chi connectivity index (χ1v) is 8.66. The van der Waals surface area contributed by atoms with Gasteiger partial charge >= 0.3 is 0 Å². The first kappa shape index (κ1) is 19.7. The minimum atomic E-state index is -1.10. The van der Waals surface area contributed by atoms with Gasteiger partial charge in [-0.1, -0.05) is 18.2 Å². The van der Waals surface area contributed by atoms with E-state index in [0.29, 0.717) is 22.4 Å². The van der Waals surface area contributed by atoms with Crippen LogP contribution >= 0.6 is 0 Å². The summed E-state index contributed by atoms with van der Waals surface area (Å²) < 4.78 is 5.21. The summed E-state index contributed by atoms with van der Waals surface area (Å²) in [4.78, 5) is 39.5. The number of rotatable bonds is 7. The van der Waals surface area contributed by atoms with Gasteiger partial charge in [0.15, 0.2) is 0 Å². The van der Waals surface area contributed by atoms with Crippen LogP contribution < -0.4 is 15.8 Å². The highest BCUT2D eigenvalue weighted by Crippen LogP contribution is 2.25. The summed E-state index contributed by atoms with van der Waals surface area (Å²) in [5.74, 6) is -0.953. The van der Waals surface area contributed by atoms with E-state index in [2.05, 4.69) is 10.3 Å². The number of nitro benzene ring substituents is 1. The second kappa shape index (κ2) is 8.34. The van der Waals surface area contributed by atoms with Crippen LogP contribution in [0.5, 0.6) is 5.75 Å². The smallest absolute Gasteiger partial charge is 0.269 e. The van der Waals surface area contributed by atoms with Gasteiger partial charge in [-0.05, 0) is 18.2 Å². The second-order valence-corrected chi connectivity index (χ2v) is 6.27. The Bertz CT molecular complexity index is 1090. The van der Waals surface area contributed by atoms with Crippen LogP contribution in [0.4, 0.5) is 5.69 Å². The molecule has 1 atom stereocenters. The minimum absolute atomic E-state index is 0.0654. The van der Waals surface area contributed by atoms with Crippen LogP contribution in [-0.2, 0) is 11.2 Å². The molecule has 1 heterocycles. The zero-order chi connectivity index (χ0) is 21.0. The zero-order valence-electron chi connectivity index (χ0n) is 15.5. The molecule has 0 unspecified atom stereocenters. The van der Waals surface area contributed by atoms with Crippen molar-refractivity contribution in [2.45, 2.75) is 12.5 Å². The number of carbonyl (C=O) groups is 2. The fraction of sp³-hybridized carbons (Fsp3) is 0.150. The van der Waals surface area contributed by atoms with Crippen LogP contribution in [0.2, 0.25) is 0 Å². The molecule has 0 bridgehead atoms. The molecule has 0 fully saturated rings. The highest BCUT2D eigenvalue weighted by Gasteiger charge is 2.23. The van der Waals surface area contributed by atoms with Gasteiger partial charge in [0.2, 0.25) is 5.91 Å². The van der Waals surface area contributed by atoms with Gasteiger partial charge in [-0.2, -0.15) is 0 Å². The topological polar surface area (TPSA) is 137 Å². The number of carbonyl (C=O) groups excluding carboxylic acids is 2. The number of primary amides is 1. The number of aromatic nitrogens is 1. The number of fused-ring (bicyclic) bond motifs is 1. The molecule has 0 saturated carbocycles. The van der Waals surface area contributed by atoms with Crippen molar-refractivity contribution in [2.24, 2.45) is 5.73 Å². The molecular weight excluding hydrogens is 376 g/mol. The van der Waals surface area contributed by atoms with Crippen molar-refractivity contribution in [3.05, 3.63) is 76.0 Å². The van der Waals surface area contributed by atoms with E-state index in [-0.39, 0.29) is 12.1 Å². The highest BCUT2D eigenvalue weighted by atomic mass is 16.6. The number of benzene rings is 2. The first-order chi connectivity index (χ1) is 13.9. The molecule has 148 valence electrons. The van der Waals surface area contributed by atoms with Gasteiger partial charge in [0.05, 0.1) is 23.1 Å². The average molecular weight is 394 g/mol. The number of amides is 2. The number of nitrogens with one attached hydrogen (secondary N) is 1. The number of methoxy groups -OCH3 is 1. The standard InChI is InChI=1S/C20H18N4O5/c1-29-17-8-7-14(24(27)28)10-13(17)11-16(19(21)25)23-20(26)15-6-2-4-12-5-3-9-22-18(12)15/h2-10,16H,11H2,1H3,(H2,21,25)(H,23,26)/t16-/m0/s1. The van der Waals surface area contributed by atoms with Gasteiger partial charge in [0, 0.05) is 35.7 Å². The maximum atomic E-state index is 12.8. The van der Waals surface area contributed by atoms with E-state index in [1.54, 1.807) is 24.4 Å². The third-order valence-corrected chi connectivity index (χ3v) is 4.42. The number of ether oxygens (including phenoxy) is 1. The maximum Gasteiger partial charge on any atom is 0.269 e. The molecule has 0 saturated heterocycles. The molecule has 9 heteroatoms. The van der Waals surface area contributed by atoms with E-state index >= 15 is 0 Å². The van der Waals surface area contributed by atoms with Crippen molar-refractivity contribution in [3.63, 3.8) is 0 Å². The van der Waals surface area contributed by atoms with E-state index in [0.717, 1.165) is 5.39 Å². The molecule has 0 radical (unpaired) electrons. The molecule has 3 aromatic rings. The number of nitrogens with zero attached hydrogens (tertiary/aromatic N) is 2. The second-order valence-electron chi connectivity index (χ2n) is 6.27. The van der Waals surface area contributed by atoms with Crippen molar-refractivity contribution >= 4 is 28.4 Å². The summed E-state index contributed by atoms with van der Waals surface area (Å²) in [6, 6.07) is 11.6.